The number of aromatic nitrogens is 1. The molecule has 2 amide bonds. The highest BCUT2D eigenvalue weighted by atomic mass is 32.1. The van der Waals surface area contributed by atoms with Crippen LogP contribution < -0.4 is 5.32 Å². The third-order valence-corrected chi connectivity index (χ3v) is 5.95. The second-order valence-corrected chi connectivity index (χ2v) is 8.00. The first-order valence-electron chi connectivity index (χ1n) is 9.81. The van der Waals surface area contributed by atoms with Crippen LogP contribution in [-0.4, -0.2) is 34.8 Å². The van der Waals surface area contributed by atoms with Gasteiger partial charge >= 0.3 is 0 Å². The summed E-state index contributed by atoms with van der Waals surface area (Å²) in [6.07, 6.45) is 4.22. The number of furan rings is 1. The normalized spacial score (nSPS) is 14.7. The van der Waals surface area contributed by atoms with Crippen molar-refractivity contribution < 1.29 is 14.0 Å². The van der Waals surface area contributed by atoms with Crippen molar-refractivity contribution in [1.82, 2.24) is 9.88 Å². The van der Waals surface area contributed by atoms with Crippen molar-refractivity contribution in [3.63, 3.8) is 0 Å². The van der Waals surface area contributed by atoms with E-state index in [0.717, 1.165) is 6.42 Å². The number of amides is 2. The van der Waals surface area contributed by atoms with E-state index in [1.807, 2.05) is 52.7 Å². The number of carbonyl (C=O) groups is 2. The fraction of sp³-hybridized carbons (Fsp3) is 0.318. The highest BCUT2D eigenvalue weighted by Crippen LogP contribution is 2.26. The molecule has 3 heterocycles. The fourth-order valence-electron chi connectivity index (χ4n) is 3.52. The van der Waals surface area contributed by atoms with Crippen LogP contribution in [0.25, 0.3) is 11.5 Å². The van der Waals surface area contributed by atoms with Gasteiger partial charge in [-0.25, -0.2) is 4.98 Å². The number of rotatable bonds is 6. The lowest BCUT2D eigenvalue weighted by atomic mass is 9.95. The number of piperidine rings is 1. The molecule has 0 atom stereocenters. The smallest absolute Gasteiger partial charge is 0.229 e. The summed E-state index contributed by atoms with van der Waals surface area (Å²) in [5.74, 6) is 0.727. The van der Waals surface area contributed by atoms with Crippen LogP contribution in [0.4, 0.5) is 5.13 Å². The maximum atomic E-state index is 12.6. The Labute approximate surface area is 173 Å². The molecule has 1 saturated heterocycles. The molecule has 29 heavy (non-hydrogen) atoms. The van der Waals surface area contributed by atoms with E-state index in [-0.39, 0.29) is 17.7 Å². The Morgan fingerprint density at radius 3 is 2.66 bits per heavy atom. The van der Waals surface area contributed by atoms with Crippen LogP contribution in [0.5, 0.6) is 0 Å². The number of likely N-dealkylation sites (tertiary alicyclic amines) is 1. The largest absolute Gasteiger partial charge is 0.463 e. The van der Waals surface area contributed by atoms with E-state index < -0.39 is 0 Å². The molecule has 3 aromatic rings. The Bertz CT molecular complexity index is 945. The van der Waals surface area contributed by atoms with Crippen molar-refractivity contribution >= 4 is 28.3 Å². The molecule has 0 bridgehead atoms. The maximum Gasteiger partial charge on any atom is 0.229 e. The third-order valence-electron chi connectivity index (χ3n) is 5.20. The van der Waals surface area contributed by atoms with Crippen molar-refractivity contribution in [3.8, 4) is 11.5 Å². The van der Waals surface area contributed by atoms with Gasteiger partial charge in [-0.05, 0) is 37.0 Å². The lowest BCUT2D eigenvalue weighted by Crippen LogP contribution is -2.41. The van der Waals surface area contributed by atoms with Crippen molar-refractivity contribution in [2.24, 2.45) is 5.92 Å². The standard InChI is InChI=1S/C22H23N3O3S/c26-20(9-8-16-5-2-1-3-6-16)25-12-10-17(11-13-25)21(27)24-22-23-18(15-29-22)19-7-4-14-28-19/h1-7,14-15,17H,8-13H2,(H,23,24,27). The van der Waals surface area contributed by atoms with Crippen LogP contribution in [-0.2, 0) is 16.0 Å². The summed E-state index contributed by atoms with van der Waals surface area (Å²) in [7, 11) is 0. The van der Waals surface area contributed by atoms with Gasteiger partial charge in [0.25, 0.3) is 0 Å². The number of hydrogen-bond donors (Lipinski definition) is 1. The van der Waals surface area contributed by atoms with E-state index in [2.05, 4.69) is 10.3 Å². The van der Waals surface area contributed by atoms with Crippen molar-refractivity contribution in [2.45, 2.75) is 25.7 Å². The van der Waals surface area contributed by atoms with E-state index in [9.17, 15) is 9.59 Å². The van der Waals surface area contributed by atoms with Crippen LogP contribution in [0, 0.1) is 5.92 Å². The summed E-state index contributed by atoms with van der Waals surface area (Å²) in [6.45, 7) is 1.25. The second kappa shape index (κ2) is 9.05. The first kappa shape index (κ1) is 19.4. The Hall–Kier alpha value is -2.93. The molecule has 0 radical (unpaired) electrons. The number of benzene rings is 1. The first-order chi connectivity index (χ1) is 14.2. The highest BCUT2D eigenvalue weighted by molar-refractivity contribution is 7.14. The average Bonchev–Trinajstić information content (AvgIpc) is 3.45. The van der Waals surface area contributed by atoms with Gasteiger partial charge in [0, 0.05) is 30.8 Å². The van der Waals surface area contributed by atoms with Crippen molar-refractivity contribution in [2.75, 3.05) is 18.4 Å². The lowest BCUT2D eigenvalue weighted by Gasteiger charge is -2.31. The molecule has 0 saturated carbocycles. The summed E-state index contributed by atoms with van der Waals surface area (Å²) in [6, 6.07) is 13.7. The van der Waals surface area contributed by atoms with Gasteiger partial charge in [-0.1, -0.05) is 30.3 Å². The van der Waals surface area contributed by atoms with E-state index in [1.165, 1.54) is 16.9 Å². The van der Waals surface area contributed by atoms with Gasteiger partial charge in [-0.15, -0.1) is 11.3 Å². The number of thiazole rings is 1. The predicted octanol–water partition coefficient (Wildman–Crippen LogP) is 4.21. The minimum absolute atomic E-state index is 0.0262. The topological polar surface area (TPSA) is 75.4 Å². The number of nitrogens with one attached hydrogen (secondary N) is 1. The zero-order valence-corrected chi connectivity index (χ0v) is 16.9. The summed E-state index contributed by atoms with van der Waals surface area (Å²) in [5, 5.41) is 5.34. The highest BCUT2D eigenvalue weighted by Gasteiger charge is 2.27. The molecule has 1 fully saturated rings. The monoisotopic (exact) mass is 409 g/mol. The summed E-state index contributed by atoms with van der Waals surface area (Å²) in [4.78, 5) is 31.3. The molecule has 0 unspecified atom stereocenters. The minimum atomic E-state index is -0.0934. The van der Waals surface area contributed by atoms with Gasteiger partial charge in [-0.3, -0.25) is 9.59 Å². The Kier molecular flexibility index (Phi) is 6.05. The van der Waals surface area contributed by atoms with Gasteiger partial charge in [-0.2, -0.15) is 0 Å². The number of aryl methyl sites for hydroxylation is 1. The van der Waals surface area contributed by atoms with Crippen LogP contribution >= 0.6 is 11.3 Å². The van der Waals surface area contributed by atoms with Gasteiger partial charge in [0.1, 0.15) is 5.69 Å². The number of carbonyl (C=O) groups excluding carboxylic acids is 2. The number of nitrogens with zero attached hydrogens (tertiary/aromatic N) is 2. The molecule has 150 valence electrons. The van der Waals surface area contributed by atoms with Gasteiger partial charge in [0.05, 0.1) is 6.26 Å². The first-order valence-corrected chi connectivity index (χ1v) is 10.7. The predicted molar refractivity (Wildman–Crippen MR) is 113 cm³/mol. The van der Waals surface area contributed by atoms with Gasteiger partial charge in [0.15, 0.2) is 10.9 Å². The van der Waals surface area contributed by atoms with Crippen LogP contribution in [0.3, 0.4) is 0 Å². The minimum Gasteiger partial charge on any atom is -0.463 e. The van der Waals surface area contributed by atoms with Gasteiger partial charge in [0.2, 0.25) is 11.8 Å². The van der Waals surface area contributed by atoms with Crippen molar-refractivity contribution in [1.29, 1.82) is 0 Å². The number of anilines is 1. The molecule has 1 aromatic carbocycles. The molecule has 6 nitrogen and oxygen atoms in total. The van der Waals surface area contributed by atoms with Crippen LogP contribution in [0.2, 0.25) is 0 Å². The quantitative estimate of drug-likeness (QED) is 0.662. The molecule has 1 N–H and O–H groups in total. The van der Waals surface area contributed by atoms with Crippen LogP contribution in [0.15, 0.2) is 58.5 Å². The molecule has 0 aliphatic carbocycles. The number of hydrogen-bond acceptors (Lipinski definition) is 5. The van der Waals surface area contributed by atoms with E-state index in [1.54, 1.807) is 6.26 Å². The Balaban J connectivity index is 1.24. The molecule has 1 aliphatic heterocycles. The molecular formula is C22H23N3O3S. The molecule has 4 rings (SSSR count). The zero-order valence-electron chi connectivity index (χ0n) is 16.0. The van der Waals surface area contributed by atoms with Gasteiger partial charge < -0.3 is 14.6 Å². The molecule has 2 aromatic heterocycles. The SMILES string of the molecule is O=C(Nc1nc(-c2ccco2)cs1)C1CCN(C(=O)CCc2ccccc2)CC1. The summed E-state index contributed by atoms with van der Waals surface area (Å²) in [5.41, 5.74) is 1.89. The van der Waals surface area contributed by atoms with Crippen molar-refractivity contribution in [3.05, 3.63) is 59.7 Å². The average molecular weight is 410 g/mol. The van der Waals surface area contributed by atoms with E-state index >= 15 is 0 Å². The Morgan fingerprint density at radius 1 is 1.14 bits per heavy atom. The molecule has 7 heteroatoms. The van der Waals surface area contributed by atoms with E-state index in [4.69, 9.17) is 4.42 Å². The Morgan fingerprint density at radius 2 is 1.93 bits per heavy atom. The van der Waals surface area contributed by atoms with Crippen LogP contribution in [0.1, 0.15) is 24.8 Å². The third kappa shape index (κ3) is 4.92. The summed E-state index contributed by atoms with van der Waals surface area (Å²) >= 11 is 1.38. The lowest BCUT2D eigenvalue weighted by molar-refractivity contribution is -0.134. The maximum absolute atomic E-state index is 12.6. The zero-order chi connectivity index (χ0) is 20.1. The molecule has 0 spiro atoms. The summed E-state index contributed by atoms with van der Waals surface area (Å²) < 4.78 is 5.33. The fourth-order valence-corrected chi connectivity index (χ4v) is 4.22. The molecule has 1 aliphatic rings. The second-order valence-electron chi connectivity index (χ2n) is 7.15. The van der Waals surface area contributed by atoms with E-state index in [0.29, 0.717) is 48.9 Å². The molecular weight excluding hydrogens is 386 g/mol.